The van der Waals surface area contributed by atoms with E-state index in [2.05, 4.69) is 15.5 Å². The Kier molecular flexibility index (Phi) is 7.46. The fourth-order valence-electron chi connectivity index (χ4n) is 2.51. The molecule has 1 amide bonds. The molecule has 11 heteroatoms. The van der Waals surface area contributed by atoms with Crippen molar-refractivity contribution in [2.75, 3.05) is 0 Å². The number of hydrogen-bond acceptors (Lipinski definition) is 7. The molecule has 1 N–H and O–H groups in total. The molecule has 0 saturated carbocycles. The Morgan fingerprint density at radius 3 is 2.57 bits per heavy atom. The molecule has 0 aliphatic carbocycles. The predicted molar refractivity (Wildman–Crippen MR) is 108 cm³/mol. The molecule has 0 fully saturated rings. The first kappa shape index (κ1) is 24.1. The number of carbonyl (C=O) groups excluding carboxylic acids is 1. The van der Waals surface area contributed by atoms with E-state index in [-0.39, 0.29) is 22.4 Å². The molecular weight excluding hydrogens is 437 g/mol. The van der Waals surface area contributed by atoms with Crippen molar-refractivity contribution in [2.24, 2.45) is 5.92 Å². The molecule has 1 aromatic carbocycles. The average molecular weight is 462 g/mol. The van der Waals surface area contributed by atoms with Gasteiger partial charge in [-0.3, -0.25) is 0 Å². The molecule has 166 valence electrons. The summed E-state index contributed by atoms with van der Waals surface area (Å²) in [5.74, 6) is -1.74. The first-order chi connectivity index (χ1) is 13.8. The zero-order valence-electron chi connectivity index (χ0n) is 17.4. The fraction of sp³-hybridized carbons (Fsp3) is 0.526. The number of nitrogens with one attached hydrogen (secondary N) is 1. The Bertz CT molecular complexity index is 984. The molecule has 0 saturated heterocycles. The molecular formula is C19H25ClFN3O5S. The minimum atomic E-state index is -4.17. The summed E-state index contributed by atoms with van der Waals surface area (Å²) in [4.78, 5) is 12.2. The normalized spacial score (nSPS) is 14.2. The standard InChI is InChI=1S/C19H25ClFN3O5S/c1-6-11(2)15(22-17(25)29-19(3,4)5)16-23-24-18(28-16)30(26,27)10-12-13(20)8-7-9-14(12)21/h7-9,11,15H,6,10H2,1-5H3,(H,22,25)/t11?,15-/m0/s1. The van der Waals surface area contributed by atoms with Crippen LogP contribution in [0.4, 0.5) is 9.18 Å². The van der Waals surface area contributed by atoms with Crippen LogP contribution in [-0.4, -0.2) is 30.3 Å². The van der Waals surface area contributed by atoms with Crippen LogP contribution >= 0.6 is 11.6 Å². The zero-order chi connectivity index (χ0) is 22.7. The lowest BCUT2D eigenvalue weighted by Crippen LogP contribution is -2.37. The van der Waals surface area contributed by atoms with Gasteiger partial charge in [0, 0.05) is 10.6 Å². The van der Waals surface area contributed by atoms with Gasteiger partial charge in [-0.2, -0.15) is 0 Å². The van der Waals surface area contributed by atoms with Crippen LogP contribution in [0.3, 0.4) is 0 Å². The molecule has 0 aliphatic rings. The van der Waals surface area contributed by atoms with Crippen LogP contribution in [0.5, 0.6) is 0 Å². The van der Waals surface area contributed by atoms with Crippen molar-refractivity contribution >= 4 is 27.5 Å². The molecule has 0 bridgehead atoms. The smallest absolute Gasteiger partial charge is 0.408 e. The van der Waals surface area contributed by atoms with E-state index in [1.54, 1.807) is 20.8 Å². The van der Waals surface area contributed by atoms with Crippen molar-refractivity contribution in [3.05, 3.63) is 40.5 Å². The molecule has 1 heterocycles. The van der Waals surface area contributed by atoms with Gasteiger partial charge in [0.05, 0.1) is 5.75 Å². The monoisotopic (exact) mass is 461 g/mol. The van der Waals surface area contributed by atoms with Crippen molar-refractivity contribution in [1.82, 2.24) is 15.5 Å². The largest absolute Gasteiger partial charge is 0.444 e. The van der Waals surface area contributed by atoms with Gasteiger partial charge in [0.15, 0.2) is 0 Å². The van der Waals surface area contributed by atoms with E-state index >= 15 is 0 Å². The highest BCUT2D eigenvalue weighted by Crippen LogP contribution is 2.28. The third-order valence-corrected chi connectivity index (χ3v) is 5.96. The maximum Gasteiger partial charge on any atom is 0.408 e. The predicted octanol–water partition coefficient (Wildman–Crippen LogP) is 4.45. The molecule has 1 unspecified atom stereocenters. The van der Waals surface area contributed by atoms with Gasteiger partial charge in [-0.05, 0) is 38.8 Å². The first-order valence-electron chi connectivity index (χ1n) is 9.32. The van der Waals surface area contributed by atoms with Gasteiger partial charge in [-0.1, -0.05) is 43.0 Å². The van der Waals surface area contributed by atoms with E-state index in [0.29, 0.717) is 6.42 Å². The summed E-state index contributed by atoms with van der Waals surface area (Å²) >= 11 is 5.92. The number of carbonyl (C=O) groups is 1. The average Bonchev–Trinajstić information content (AvgIpc) is 3.11. The summed E-state index contributed by atoms with van der Waals surface area (Å²) in [6.07, 6.45) is -0.0657. The number of benzene rings is 1. The summed E-state index contributed by atoms with van der Waals surface area (Å²) in [6, 6.07) is 3.11. The summed E-state index contributed by atoms with van der Waals surface area (Å²) in [6.45, 7) is 8.88. The second-order valence-corrected chi connectivity index (χ2v) is 10.1. The van der Waals surface area contributed by atoms with Crippen LogP contribution in [-0.2, 0) is 20.3 Å². The van der Waals surface area contributed by atoms with Crippen LogP contribution < -0.4 is 5.32 Å². The summed E-state index contributed by atoms with van der Waals surface area (Å²) in [5, 5.41) is 9.33. The Balaban J connectivity index is 2.29. The lowest BCUT2D eigenvalue weighted by atomic mass is 9.99. The van der Waals surface area contributed by atoms with Gasteiger partial charge >= 0.3 is 11.3 Å². The van der Waals surface area contributed by atoms with Crippen molar-refractivity contribution in [2.45, 2.75) is 63.7 Å². The van der Waals surface area contributed by atoms with E-state index in [1.807, 2.05) is 13.8 Å². The van der Waals surface area contributed by atoms with Crippen LogP contribution in [0, 0.1) is 11.7 Å². The SMILES string of the molecule is CCC(C)[C@H](NC(=O)OC(C)(C)C)c1nnc(S(=O)(=O)Cc2c(F)cccc2Cl)o1. The molecule has 1 aromatic heterocycles. The van der Waals surface area contributed by atoms with Crippen molar-refractivity contribution in [3.8, 4) is 0 Å². The minimum absolute atomic E-state index is 0.0256. The second kappa shape index (κ2) is 9.30. The topological polar surface area (TPSA) is 111 Å². The van der Waals surface area contributed by atoms with Crippen LogP contribution in [0.15, 0.2) is 27.8 Å². The van der Waals surface area contributed by atoms with E-state index < -0.39 is 44.4 Å². The van der Waals surface area contributed by atoms with E-state index in [4.69, 9.17) is 20.8 Å². The van der Waals surface area contributed by atoms with E-state index in [1.165, 1.54) is 12.1 Å². The summed E-state index contributed by atoms with van der Waals surface area (Å²) in [5.41, 5.74) is -0.906. The fourth-order valence-corrected chi connectivity index (χ4v) is 3.99. The number of alkyl carbamates (subject to hydrolysis) is 1. The number of aromatic nitrogens is 2. The summed E-state index contributed by atoms with van der Waals surface area (Å²) < 4.78 is 49.9. The second-order valence-electron chi connectivity index (χ2n) is 7.87. The maximum absolute atomic E-state index is 14.0. The molecule has 0 radical (unpaired) electrons. The molecule has 8 nitrogen and oxygen atoms in total. The van der Waals surface area contributed by atoms with Crippen LogP contribution in [0.1, 0.15) is 58.5 Å². The number of sulfone groups is 1. The molecule has 2 aromatic rings. The Morgan fingerprint density at radius 1 is 1.33 bits per heavy atom. The minimum Gasteiger partial charge on any atom is -0.444 e. The lowest BCUT2D eigenvalue weighted by molar-refractivity contribution is 0.0473. The number of rotatable bonds is 7. The van der Waals surface area contributed by atoms with Gasteiger partial charge in [0.2, 0.25) is 15.7 Å². The number of amides is 1. The van der Waals surface area contributed by atoms with Gasteiger partial charge < -0.3 is 14.5 Å². The van der Waals surface area contributed by atoms with Crippen LogP contribution in [0.25, 0.3) is 0 Å². The van der Waals surface area contributed by atoms with Gasteiger partial charge in [0.1, 0.15) is 17.5 Å². The number of nitrogens with zero attached hydrogens (tertiary/aromatic N) is 2. The third-order valence-electron chi connectivity index (χ3n) is 4.24. The number of halogens is 2. The Morgan fingerprint density at radius 2 is 2.00 bits per heavy atom. The van der Waals surface area contributed by atoms with Gasteiger partial charge in [0.25, 0.3) is 0 Å². The molecule has 0 spiro atoms. The third kappa shape index (κ3) is 6.15. The number of hydrogen-bond donors (Lipinski definition) is 1. The lowest BCUT2D eigenvalue weighted by Gasteiger charge is -2.24. The zero-order valence-corrected chi connectivity index (χ0v) is 19.0. The highest BCUT2D eigenvalue weighted by Gasteiger charge is 2.31. The number of ether oxygens (including phenoxy) is 1. The highest BCUT2D eigenvalue weighted by atomic mass is 35.5. The summed E-state index contributed by atoms with van der Waals surface area (Å²) in [7, 11) is -4.17. The van der Waals surface area contributed by atoms with Gasteiger partial charge in [-0.25, -0.2) is 17.6 Å². The maximum atomic E-state index is 14.0. The molecule has 0 aliphatic heterocycles. The molecule has 30 heavy (non-hydrogen) atoms. The first-order valence-corrected chi connectivity index (χ1v) is 11.4. The van der Waals surface area contributed by atoms with Crippen molar-refractivity contribution in [1.29, 1.82) is 0 Å². The van der Waals surface area contributed by atoms with Crippen LogP contribution in [0.2, 0.25) is 5.02 Å². The Labute approximate surface area is 180 Å². The van der Waals surface area contributed by atoms with E-state index in [9.17, 15) is 17.6 Å². The quantitative estimate of drug-likeness (QED) is 0.648. The molecule has 2 atom stereocenters. The van der Waals surface area contributed by atoms with Crippen molar-refractivity contribution < 1.29 is 26.8 Å². The van der Waals surface area contributed by atoms with Crippen molar-refractivity contribution in [3.63, 3.8) is 0 Å². The highest BCUT2D eigenvalue weighted by molar-refractivity contribution is 7.90. The molecule has 2 rings (SSSR count). The van der Waals surface area contributed by atoms with Gasteiger partial charge in [-0.15, -0.1) is 5.10 Å². The van der Waals surface area contributed by atoms with E-state index in [0.717, 1.165) is 6.07 Å². The Hall–Kier alpha value is -2.20.